The minimum Gasteiger partial charge on any atom is -0.399 e. The number of ether oxygens (including phenoxy) is 2. The van der Waals surface area contributed by atoms with E-state index in [1.165, 1.54) is 0 Å². The molecule has 9 heteroatoms. The van der Waals surface area contributed by atoms with Gasteiger partial charge in [0.25, 0.3) is 0 Å². The number of allylic oxidation sites excluding steroid dienone is 4. The first-order valence-corrected chi connectivity index (χ1v) is 15.5. The first-order valence-electron chi connectivity index (χ1n) is 15.5. The molecule has 2 aromatic rings. The van der Waals surface area contributed by atoms with Crippen molar-refractivity contribution >= 4 is 23.0 Å². The number of aromatic nitrogens is 1. The molecule has 9 nitrogen and oxygen atoms in total. The van der Waals surface area contributed by atoms with Gasteiger partial charge in [-0.2, -0.15) is 0 Å². The number of carbonyl (C=O) groups excluding carboxylic acids is 3. The minimum atomic E-state index is -1.45. The van der Waals surface area contributed by atoms with Crippen molar-refractivity contribution in [3.05, 3.63) is 77.2 Å². The lowest BCUT2D eigenvalue weighted by Gasteiger charge is -2.59. The molecular formula is C35H40N2O7. The summed E-state index contributed by atoms with van der Waals surface area (Å²) in [7, 11) is 1.81. The highest BCUT2D eigenvalue weighted by Gasteiger charge is 2.76. The van der Waals surface area contributed by atoms with E-state index in [0.29, 0.717) is 29.8 Å². The zero-order chi connectivity index (χ0) is 31.2. The topological polar surface area (TPSA) is 141 Å². The Hall–Kier alpha value is -3.37. The van der Waals surface area contributed by atoms with Crippen LogP contribution in [0.4, 0.5) is 5.69 Å². The van der Waals surface area contributed by atoms with Crippen molar-refractivity contribution in [3.63, 3.8) is 0 Å². The summed E-state index contributed by atoms with van der Waals surface area (Å²) in [5.41, 5.74) is 6.76. The zero-order valence-electron chi connectivity index (χ0n) is 25.4. The number of benzene rings is 1. The molecule has 1 aromatic carbocycles. The first kappa shape index (κ1) is 29.3. The van der Waals surface area contributed by atoms with Crippen LogP contribution in [-0.2, 0) is 32.5 Å². The van der Waals surface area contributed by atoms with E-state index in [4.69, 9.17) is 15.2 Å². The maximum Gasteiger partial charge on any atom is 0.200 e. The Labute approximate surface area is 256 Å². The SMILES string of the molecule is Cn1cc(C(=O)Cc2ccc(N)cc2)cc1[C@@H]1O[C@@H]2C[C@H]3[C@@H]4CCC5=CC(=O)C=C[C@]5(C)[C@H]4[C@@H](O)C[C@]3(C)[C@]2(C(=O)CO)O1. The standard InChI is InChI=1S/C35H40N2O7/c1-33-11-10-23(39)14-21(33)6-9-24-25-15-30-35(29(42)18-38,34(25,2)16-28(41)31(24)33)44-32(43-30)26-13-20(17-37(26)3)27(40)12-19-4-7-22(36)8-5-19/h4-5,7-8,10-11,13-14,17,24-25,28,30-32,38,41H,6,9,12,15-16,18,36H2,1-3H3/t24-,25-,28-,30+,31+,32+,33-,34-,35+/m0/s1. The number of nitrogens with two attached hydrogens (primary N) is 1. The number of aliphatic hydroxyl groups excluding tert-OH is 2. The normalized spacial score (nSPS) is 38.8. The van der Waals surface area contributed by atoms with E-state index in [-0.39, 0.29) is 35.7 Å². The summed E-state index contributed by atoms with van der Waals surface area (Å²) >= 11 is 0. The fourth-order valence-corrected chi connectivity index (χ4v) is 9.71. The number of nitrogens with zero attached hydrogens (tertiary/aromatic N) is 1. The second-order valence-electron chi connectivity index (χ2n) is 13.9. The highest BCUT2D eigenvalue weighted by Crippen LogP contribution is 2.70. The van der Waals surface area contributed by atoms with Crippen molar-refractivity contribution in [3.8, 4) is 0 Å². The molecule has 0 radical (unpaired) electrons. The Bertz CT molecular complexity index is 1610. The molecule has 4 aliphatic carbocycles. The summed E-state index contributed by atoms with van der Waals surface area (Å²) in [5, 5.41) is 22.1. The summed E-state index contributed by atoms with van der Waals surface area (Å²) in [6.45, 7) is 3.42. The van der Waals surface area contributed by atoms with Gasteiger partial charge in [0.05, 0.1) is 17.9 Å². The van der Waals surface area contributed by atoms with E-state index in [1.807, 2.05) is 32.2 Å². The number of hydrogen-bond acceptors (Lipinski definition) is 8. The fraction of sp³-hybridized carbons (Fsp3) is 0.514. The average molecular weight is 601 g/mol. The fourth-order valence-electron chi connectivity index (χ4n) is 9.71. The van der Waals surface area contributed by atoms with Gasteiger partial charge in [-0.1, -0.05) is 37.6 Å². The van der Waals surface area contributed by atoms with Gasteiger partial charge in [0.15, 0.2) is 23.0 Å². The Morgan fingerprint density at radius 2 is 1.93 bits per heavy atom. The lowest BCUT2D eigenvalue weighted by atomic mass is 9.46. The van der Waals surface area contributed by atoms with Gasteiger partial charge in [0.1, 0.15) is 6.61 Å². The van der Waals surface area contributed by atoms with Crippen molar-refractivity contribution < 1.29 is 34.1 Å². The number of rotatable bonds is 6. The van der Waals surface area contributed by atoms with Gasteiger partial charge in [0.2, 0.25) is 6.29 Å². The predicted molar refractivity (Wildman–Crippen MR) is 161 cm³/mol. The lowest BCUT2D eigenvalue weighted by molar-refractivity contribution is -0.202. The molecule has 3 saturated carbocycles. The van der Waals surface area contributed by atoms with E-state index < -0.39 is 47.3 Å². The summed E-state index contributed by atoms with van der Waals surface area (Å²) in [6, 6.07) is 8.95. The monoisotopic (exact) mass is 600 g/mol. The van der Waals surface area contributed by atoms with Crippen molar-refractivity contribution in [2.75, 3.05) is 12.3 Å². The molecule has 0 amide bonds. The van der Waals surface area contributed by atoms with E-state index in [0.717, 1.165) is 24.0 Å². The molecule has 1 aromatic heterocycles. The van der Waals surface area contributed by atoms with Gasteiger partial charge in [-0.3, -0.25) is 14.4 Å². The minimum absolute atomic E-state index is 0.00668. The Morgan fingerprint density at radius 3 is 2.66 bits per heavy atom. The molecule has 4 fully saturated rings. The lowest BCUT2D eigenvalue weighted by Crippen LogP contribution is -2.63. The third-order valence-electron chi connectivity index (χ3n) is 11.7. The van der Waals surface area contributed by atoms with E-state index in [9.17, 15) is 24.6 Å². The summed E-state index contributed by atoms with van der Waals surface area (Å²) < 4.78 is 15.1. The number of ketones is 3. The van der Waals surface area contributed by atoms with E-state index >= 15 is 0 Å². The number of carbonyl (C=O) groups is 3. The molecule has 0 spiro atoms. The largest absolute Gasteiger partial charge is 0.399 e. The quantitative estimate of drug-likeness (QED) is 0.337. The molecule has 44 heavy (non-hydrogen) atoms. The Kier molecular flexibility index (Phi) is 6.72. The highest BCUT2D eigenvalue weighted by atomic mass is 16.7. The van der Waals surface area contributed by atoms with Gasteiger partial charge in [-0.05, 0) is 73.4 Å². The highest BCUT2D eigenvalue weighted by molar-refractivity contribution is 6.01. The number of anilines is 1. The van der Waals surface area contributed by atoms with Crippen LogP contribution in [0.5, 0.6) is 0 Å². The van der Waals surface area contributed by atoms with Crippen molar-refractivity contribution in [2.24, 2.45) is 35.6 Å². The molecule has 1 aliphatic heterocycles. The Balaban J connectivity index is 1.19. The molecule has 232 valence electrons. The number of nitrogen functional groups attached to an aromatic ring is 1. The van der Waals surface area contributed by atoms with Gasteiger partial charge in [-0.15, -0.1) is 0 Å². The van der Waals surface area contributed by atoms with Crippen molar-refractivity contribution in [1.82, 2.24) is 4.57 Å². The number of fused-ring (bicyclic) bond motifs is 7. The zero-order valence-corrected chi connectivity index (χ0v) is 25.4. The van der Waals surface area contributed by atoms with Gasteiger partial charge >= 0.3 is 0 Å². The average Bonchev–Trinajstić information content (AvgIpc) is 3.63. The van der Waals surface area contributed by atoms with Crippen LogP contribution >= 0.6 is 0 Å². The third-order valence-corrected chi connectivity index (χ3v) is 11.7. The molecule has 4 N–H and O–H groups in total. The van der Waals surface area contributed by atoms with Crippen LogP contribution in [0, 0.1) is 28.6 Å². The second kappa shape index (κ2) is 10.1. The maximum absolute atomic E-state index is 13.8. The number of aliphatic hydroxyl groups is 2. The third kappa shape index (κ3) is 4.02. The van der Waals surface area contributed by atoms with Gasteiger partial charge in [0, 0.05) is 47.7 Å². The summed E-state index contributed by atoms with van der Waals surface area (Å²) in [4.78, 5) is 39.2. The van der Waals surface area contributed by atoms with Gasteiger partial charge in [-0.25, -0.2) is 0 Å². The van der Waals surface area contributed by atoms with Crippen LogP contribution < -0.4 is 5.73 Å². The van der Waals surface area contributed by atoms with E-state index in [1.54, 1.807) is 41.1 Å². The molecule has 7 rings (SSSR count). The maximum atomic E-state index is 13.8. The predicted octanol–water partition coefficient (Wildman–Crippen LogP) is 3.64. The van der Waals surface area contributed by atoms with Gasteiger partial charge < -0.3 is 30.0 Å². The molecule has 5 aliphatic rings. The molecule has 0 bridgehead atoms. The molecular weight excluding hydrogens is 560 g/mol. The number of hydrogen-bond donors (Lipinski definition) is 3. The van der Waals surface area contributed by atoms with Crippen LogP contribution in [0.15, 0.2) is 60.3 Å². The number of Topliss-reactive ketones (excluding diaryl/α,β-unsaturated/α-hetero) is 2. The molecule has 0 unspecified atom stereocenters. The molecule has 9 atom stereocenters. The second-order valence-corrected chi connectivity index (χ2v) is 13.9. The van der Waals surface area contributed by atoms with Crippen LogP contribution in [0.2, 0.25) is 0 Å². The van der Waals surface area contributed by atoms with Crippen LogP contribution in [0.3, 0.4) is 0 Å². The molecule has 1 saturated heterocycles. The van der Waals surface area contributed by atoms with Crippen molar-refractivity contribution in [1.29, 1.82) is 0 Å². The first-order chi connectivity index (χ1) is 20.9. The smallest absolute Gasteiger partial charge is 0.200 e. The summed E-state index contributed by atoms with van der Waals surface area (Å²) in [5.74, 6) is -0.550. The van der Waals surface area contributed by atoms with Crippen LogP contribution in [-0.4, -0.2) is 56.5 Å². The van der Waals surface area contributed by atoms with Crippen LogP contribution in [0.25, 0.3) is 0 Å². The van der Waals surface area contributed by atoms with Crippen LogP contribution in [0.1, 0.15) is 67.4 Å². The summed E-state index contributed by atoms with van der Waals surface area (Å²) in [6.07, 6.45) is 7.37. The Morgan fingerprint density at radius 1 is 1.18 bits per heavy atom. The van der Waals surface area contributed by atoms with E-state index in [2.05, 4.69) is 6.92 Å². The molecule has 2 heterocycles. The van der Waals surface area contributed by atoms with Crippen molar-refractivity contribution in [2.45, 2.75) is 70.1 Å². The number of aryl methyl sites for hydroxylation is 1.